The molecule has 0 heterocycles. The van der Waals surface area contributed by atoms with Gasteiger partial charge in [-0.25, -0.2) is 0 Å². The average Bonchev–Trinajstić information content (AvgIpc) is 2.03. The Morgan fingerprint density at radius 1 is 1.00 bits per heavy atom. The molecule has 12 heavy (non-hydrogen) atoms. The second-order valence-electron chi connectivity index (χ2n) is 2.09. The van der Waals surface area contributed by atoms with Crippen LogP contribution in [0.3, 0.4) is 0 Å². The maximum atomic E-state index is 10.8. The second kappa shape index (κ2) is 4.48. The van der Waals surface area contributed by atoms with Gasteiger partial charge in [0.25, 0.3) is 0 Å². The molecule has 5 heteroatoms. The lowest BCUT2D eigenvalue weighted by Gasteiger charge is -2.07. The van der Waals surface area contributed by atoms with Crippen LogP contribution in [-0.2, 0) is 23.9 Å². The first-order chi connectivity index (χ1) is 5.54. The van der Waals surface area contributed by atoms with Crippen molar-refractivity contribution in [1.82, 2.24) is 0 Å². The zero-order valence-corrected chi connectivity index (χ0v) is 7.12. The van der Waals surface area contributed by atoms with Crippen LogP contribution in [0, 0.1) is 5.92 Å². The summed E-state index contributed by atoms with van der Waals surface area (Å²) in [6.07, 6.45) is 0. The van der Waals surface area contributed by atoms with Crippen LogP contribution in [0.5, 0.6) is 0 Å². The monoisotopic (exact) mass is 174 g/mol. The van der Waals surface area contributed by atoms with Gasteiger partial charge < -0.3 is 9.47 Å². The molecular weight excluding hydrogens is 164 g/mol. The smallest absolute Gasteiger partial charge is 0.327 e. The van der Waals surface area contributed by atoms with Crippen molar-refractivity contribution in [3.63, 3.8) is 0 Å². The zero-order valence-electron chi connectivity index (χ0n) is 7.12. The van der Waals surface area contributed by atoms with E-state index in [0.717, 1.165) is 21.1 Å². The normalized spacial score (nSPS) is 9.33. The highest BCUT2D eigenvalue weighted by molar-refractivity contribution is 6.14. The number of rotatable bonds is 3. The predicted molar refractivity (Wildman–Crippen MR) is 38.2 cm³/mol. The zero-order chi connectivity index (χ0) is 9.72. The van der Waals surface area contributed by atoms with E-state index in [1.54, 1.807) is 0 Å². The van der Waals surface area contributed by atoms with Crippen LogP contribution in [0.1, 0.15) is 6.92 Å². The van der Waals surface area contributed by atoms with Crippen LogP contribution in [-0.4, -0.2) is 31.9 Å². The highest BCUT2D eigenvalue weighted by Gasteiger charge is 2.32. The van der Waals surface area contributed by atoms with Crippen LogP contribution < -0.4 is 0 Å². The number of ketones is 1. The van der Waals surface area contributed by atoms with Crippen LogP contribution >= 0.6 is 0 Å². The van der Waals surface area contributed by atoms with Gasteiger partial charge in [-0.3, -0.25) is 14.4 Å². The van der Waals surface area contributed by atoms with Gasteiger partial charge in [0.1, 0.15) is 0 Å². The molecule has 0 atom stereocenters. The second-order valence-corrected chi connectivity index (χ2v) is 2.09. The summed E-state index contributed by atoms with van der Waals surface area (Å²) in [5.74, 6) is -3.82. The molecule has 0 spiro atoms. The van der Waals surface area contributed by atoms with Gasteiger partial charge in [0, 0.05) is 0 Å². The molecule has 0 aromatic heterocycles. The number of hydrogen-bond acceptors (Lipinski definition) is 5. The Morgan fingerprint density at radius 2 is 1.33 bits per heavy atom. The fourth-order valence-electron chi connectivity index (χ4n) is 0.664. The van der Waals surface area contributed by atoms with E-state index in [-0.39, 0.29) is 0 Å². The highest BCUT2D eigenvalue weighted by atomic mass is 16.5. The maximum absolute atomic E-state index is 10.8. The molecule has 0 saturated carbocycles. The standard InChI is InChI=1S/C7H10O5/c1-4(8)5(6(9)11-2)7(10)12-3/h5H,1-3H3. The summed E-state index contributed by atoms with van der Waals surface area (Å²) >= 11 is 0. The van der Waals surface area contributed by atoms with E-state index < -0.39 is 23.6 Å². The third kappa shape index (κ3) is 2.34. The minimum absolute atomic E-state index is 0.589. The summed E-state index contributed by atoms with van der Waals surface area (Å²) in [6, 6.07) is 0. The van der Waals surface area contributed by atoms with Crippen molar-refractivity contribution in [3.8, 4) is 0 Å². The molecule has 0 unspecified atom stereocenters. The van der Waals surface area contributed by atoms with Crippen molar-refractivity contribution in [2.45, 2.75) is 6.92 Å². The van der Waals surface area contributed by atoms with Gasteiger partial charge >= 0.3 is 11.9 Å². The Kier molecular flexibility index (Phi) is 3.96. The summed E-state index contributed by atoms with van der Waals surface area (Å²) in [5, 5.41) is 0. The Hall–Kier alpha value is -1.39. The largest absolute Gasteiger partial charge is 0.468 e. The number of ether oxygens (including phenoxy) is 2. The molecular formula is C7H10O5. The first kappa shape index (κ1) is 10.6. The molecule has 0 bridgehead atoms. The number of Topliss-reactive ketones (excluding diaryl/α,β-unsaturated/α-hetero) is 1. The molecule has 0 N–H and O–H groups in total. The van der Waals surface area contributed by atoms with E-state index in [2.05, 4.69) is 9.47 Å². The van der Waals surface area contributed by atoms with Crippen LogP contribution in [0.15, 0.2) is 0 Å². The first-order valence-electron chi connectivity index (χ1n) is 3.20. The van der Waals surface area contributed by atoms with Crippen molar-refractivity contribution in [3.05, 3.63) is 0 Å². The Labute approximate surface area is 69.6 Å². The van der Waals surface area contributed by atoms with Gasteiger partial charge in [-0.1, -0.05) is 0 Å². The van der Waals surface area contributed by atoms with E-state index in [0.29, 0.717) is 0 Å². The lowest BCUT2D eigenvalue weighted by molar-refractivity contribution is -0.161. The molecule has 0 rings (SSSR count). The van der Waals surface area contributed by atoms with E-state index in [1.165, 1.54) is 0 Å². The van der Waals surface area contributed by atoms with E-state index in [9.17, 15) is 14.4 Å². The molecule has 0 aliphatic carbocycles. The Balaban J connectivity index is 4.55. The molecule has 0 aromatic rings. The number of carbonyl (C=O) groups is 3. The number of methoxy groups -OCH3 is 2. The van der Waals surface area contributed by atoms with Crippen molar-refractivity contribution < 1.29 is 23.9 Å². The minimum atomic E-state index is -1.44. The van der Waals surface area contributed by atoms with Gasteiger partial charge in [0.15, 0.2) is 5.78 Å². The van der Waals surface area contributed by atoms with Gasteiger partial charge in [0.05, 0.1) is 14.2 Å². The predicted octanol–water partition coefficient (Wildman–Crippen LogP) is -0.462. The molecule has 0 aliphatic heterocycles. The maximum Gasteiger partial charge on any atom is 0.327 e. The summed E-state index contributed by atoms with van der Waals surface area (Å²) in [4.78, 5) is 32.4. The summed E-state index contributed by atoms with van der Waals surface area (Å²) < 4.78 is 8.47. The quantitative estimate of drug-likeness (QED) is 0.427. The van der Waals surface area contributed by atoms with Crippen molar-refractivity contribution in [1.29, 1.82) is 0 Å². The summed E-state index contributed by atoms with van der Waals surface area (Å²) in [5.41, 5.74) is 0. The lowest BCUT2D eigenvalue weighted by Crippen LogP contribution is -2.32. The average molecular weight is 174 g/mol. The third-order valence-electron chi connectivity index (χ3n) is 1.28. The lowest BCUT2D eigenvalue weighted by atomic mass is 10.1. The topological polar surface area (TPSA) is 69.7 Å². The third-order valence-corrected chi connectivity index (χ3v) is 1.28. The van der Waals surface area contributed by atoms with Crippen LogP contribution in [0.2, 0.25) is 0 Å². The fourth-order valence-corrected chi connectivity index (χ4v) is 0.664. The number of hydrogen-bond donors (Lipinski definition) is 0. The van der Waals surface area contributed by atoms with Gasteiger partial charge in [0.2, 0.25) is 5.92 Å². The summed E-state index contributed by atoms with van der Waals surface area (Å²) in [6.45, 7) is 1.12. The molecule has 68 valence electrons. The van der Waals surface area contributed by atoms with E-state index >= 15 is 0 Å². The molecule has 0 saturated heterocycles. The van der Waals surface area contributed by atoms with Crippen molar-refractivity contribution in [2.24, 2.45) is 5.92 Å². The molecule has 5 nitrogen and oxygen atoms in total. The molecule has 0 fully saturated rings. The van der Waals surface area contributed by atoms with Crippen molar-refractivity contribution >= 4 is 17.7 Å². The van der Waals surface area contributed by atoms with Gasteiger partial charge in [-0.05, 0) is 6.92 Å². The number of esters is 2. The Morgan fingerprint density at radius 3 is 1.50 bits per heavy atom. The van der Waals surface area contributed by atoms with E-state index in [4.69, 9.17) is 0 Å². The highest BCUT2D eigenvalue weighted by Crippen LogP contribution is 2.03. The Bertz CT molecular complexity index is 192. The first-order valence-corrected chi connectivity index (χ1v) is 3.20. The molecule has 0 aliphatic rings. The molecule has 0 radical (unpaired) electrons. The van der Waals surface area contributed by atoms with Crippen LogP contribution in [0.4, 0.5) is 0 Å². The fraction of sp³-hybridized carbons (Fsp3) is 0.571. The summed E-state index contributed by atoms with van der Waals surface area (Å²) in [7, 11) is 2.20. The molecule has 0 aromatic carbocycles. The minimum Gasteiger partial charge on any atom is -0.468 e. The molecule has 0 amide bonds. The number of carbonyl (C=O) groups excluding carboxylic acids is 3. The van der Waals surface area contributed by atoms with Gasteiger partial charge in [-0.2, -0.15) is 0 Å². The van der Waals surface area contributed by atoms with Crippen molar-refractivity contribution in [2.75, 3.05) is 14.2 Å². The van der Waals surface area contributed by atoms with Crippen LogP contribution in [0.25, 0.3) is 0 Å². The van der Waals surface area contributed by atoms with E-state index in [1.807, 2.05) is 0 Å². The van der Waals surface area contributed by atoms with Gasteiger partial charge in [-0.15, -0.1) is 0 Å². The SMILES string of the molecule is COC(=O)C(C(C)=O)C(=O)OC.